The molecule has 0 aliphatic rings. The van der Waals surface area contributed by atoms with Crippen molar-refractivity contribution in [2.24, 2.45) is 0 Å². The first-order valence-electron chi connectivity index (χ1n) is 4.97. The highest BCUT2D eigenvalue weighted by Gasteiger charge is 2.20. The lowest BCUT2D eigenvalue weighted by molar-refractivity contribution is -0.137. The maximum atomic E-state index is 11.9. The second-order valence-corrected chi connectivity index (χ2v) is 3.22. The molecule has 0 aliphatic carbocycles. The van der Waals surface area contributed by atoms with Gasteiger partial charge in [-0.15, -0.1) is 19.6 Å². The molecule has 0 heterocycles. The quantitative estimate of drug-likeness (QED) is 0.525. The second kappa shape index (κ2) is 7.99. The first kappa shape index (κ1) is 14.8. The number of hydrogen-bond donors (Lipinski definition) is 1. The van der Waals surface area contributed by atoms with Gasteiger partial charge in [0.25, 0.3) is 0 Å². The molecule has 5 nitrogen and oxygen atoms in total. The van der Waals surface area contributed by atoms with Crippen LogP contribution in [0.2, 0.25) is 0 Å². The number of amides is 2. The Balaban J connectivity index is 4.75. The summed E-state index contributed by atoms with van der Waals surface area (Å²) >= 11 is 0. The molecule has 0 aromatic rings. The molecule has 0 aromatic carbocycles. The number of hydrogen-bond acceptors (Lipinski definition) is 2. The van der Waals surface area contributed by atoms with Crippen LogP contribution in [-0.2, 0) is 4.79 Å². The lowest BCUT2D eigenvalue weighted by Gasteiger charge is -2.26. The van der Waals surface area contributed by atoms with Gasteiger partial charge in [0.05, 0.1) is 6.54 Å². The maximum Gasteiger partial charge on any atom is 0.323 e. The Morgan fingerprint density at radius 2 is 1.76 bits per heavy atom. The molecule has 0 radical (unpaired) electrons. The van der Waals surface area contributed by atoms with Crippen LogP contribution >= 0.6 is 0 Å². The Morgan fingerprint density at radius 1 is 1.24 bits per heavy atom. The molecule has 0 aromatic heterocycles. The van der Waals surface area contributed by atoms with Crippen LogP contribution in [0.25, 0.3) is 0 Å². The summed E-state index contributed by atoms with van der Waals surface area (Å²) in [6, 6.07) is -0.440. The molecule has 0 unspecified atom stereocenters. The Bertz CT molecular complexity index is 334. The molecule has 92 valence electrons. The molecule has 0 saturated carbocycles. The van der Waals surface area contributed by atoms with Gasteiger partial charge in [-0.25, -0.2) is 4.79 Å². The predicted octanol–water partition coefficient (Wildman–Crippen LogP) is 0.800. The van der Waals surface area contributed by atoms with E-state index in [2.05, 4.69) is 19.1 Å². The number of carbonyl (C=O) groups excluding carboxylic acids is 1. The fourth-order valence-corrected chi connectivity index (χ4v) is 1.21. The first-order valence-corrected chi connectivity index (χ1v) is 4.97. The van der Waals surface area contributed by atoms with Gasteiger partial charge in [-0.1, -0.05) is 18.1 Å². The molecule has 0 aliphatic heterocycles. The van der Waals surface area contributed by atoms with Gasteiger partial charge in [-0.3, -0.25) is 4.79 Å². The zero-order chi connectivity index (χ0) is 13.3. The van der Waals surface area contributed by atoms with Crippen LogP contribution in [0.3, 0.4) is 0 Å². The van der Waals surface area contributed by atoms with Crippen molar-refractivity contribution in [2.75, 3.05) is 26.2 Å². The van der Waals surface area contributed by atoms with Gasteiger partial charge in [-0.05, 0) is 0 Å². The third kappa shape index (κ3) is 5.42. The van der Waals surface area contributed by atoms with E-state index in [9.17, 15) is 9.59 Å². The predicted molar refractivity (Wildman–Crippen MR) is 65.4 cm³/mol. The van der Waals surface area contributed by atoms with E-state index in [1.54, 1.807) is 12.2 Å². The summed E-state index contributed by atoms with van der Waals surface area (Å²) in [5.41, 5.74) is 0. The van der Waals surface area contributed by atoms with Crippen LogP contribution in [0, 0.1) is 12.3 Å². The fraction of sp³-hybridized carbons (Fsp3) is 0.333. The van der Waals surface area contributed by atoms with Crippen molar-refractivity contribution in [1.82, 2.24) is 9.80 Å². The zero-order valence-electron chi connectivity index (χ0n) is 9.63. The molecule has 0 rings (SSSR count). The Labute approximate surface area is 101 Å². The summed E-state index contributed by atoms with van der Waals surface area (Å²) in [5.74, 6) is 1.15. The molecule has 1 N–H and O–H groups in total. The van der Waals surface area contributed by atoms with Crippen LogP contribution < -0.4 is 0 Å². The highest BCUT2D eigenvalue weighted by Crippen LogP contribution is 2.00. The highest BCUT2D eigenvalue weighted by molar-refractivity contribution is 5.80. The number of rotatable bonds is 7. The highest BCUT2D eigenvalue weighted by atomic mass is 16.4. The standard InChI is InChI=1S/C12H16N2O3/c1-4-7-13(8-5-2)12(17)14(9-6-3)10-11(15)16/h3-5H,1-2,7-10H2,(H,15,16). The number of nitrogens with zero attached hydrogens (tertiary/aromatic N) is 2. The number of carbonyl (C=O) groups is 2. The summed E-state index contributed by atoms with van der Waals surface area (Å²) < 4.78 is 0. The number of carboxylic acids is 1. The van der Waals surface area contributed by atoms with E-state index < -0.39 is 18.5 Å². The lowest BCUT2D eigenvalue weighted by Crippen LogP contribution is -2.45. The summed E-state index contributed by atoms with van der Waals surface area (Å²) in [6.45, 7) is 7.21. The van der Waals surface area contributed by atoms with E-state index in [0.29, 0.717) is 13.1 Å². The summed E-state index contributed by atoms with van der Waals surface area (Å²) in [4.78, 5) is 25.0. The zero-order valence-corrected chi connectivity index (χ0v) is 9.63. The van der Waals surface area contributed by atoms with Crippen molar-refractivity contribution in [2.45, 2.75) is 0 Å². The Morgan fingerprint density at radius 3 is 2.12 bits per heavy atom. The molecular weight excluding hydrogens is 220 g/mol. The maximum absolute atomic E-state index is 11.9. The number of urea groups is 1. The summed E-state index contributed by atoms with van der Waals surface area (Å²) in [7, 11) is 0. The molecule has 17 heavy (non-hydrogen) atoms. The van der Waals surface area contributed by atoms with E-state index in [1.807, 2.05) is 0 Å². The van der Waals surface area contributed by atoms with Crippen molar-refractivity contribution in [3.8, 4) is 12.3 Å². The van der Waals surface area contributed by atoms with E-state index in [0.717, 1.165) is 4.90 Å². The third-order valence-electron chi connectivity index (χ3n) is 1.85. The van der Waals surface area contributed by atoms with Crippen LogP contribution in [0.5, 0.6) is 0 Å². The average molecular weight is 236 g/mol. The number of aliphatic carboxylic acids is 1. The number of carboxylic acid groups (broad SMARTS) is 1. The Kier molecular flexibility index (Phi) is 6.95. The van der Waals surface area contributed by atoms with E-state index >= 15 is 0 Å². The van der Waals surface area contributed by atoms with E-state index in [-0.39, 0.29) is 6.54 Å². The SMILES string of the molecule is C#CCN(CC(=O)O)C(=O)N(CC=C)CC=C. The summed E-state index contributed by atoms with van der Waals surface area (Å²) in [5, 5.41) is 8.68. The van der Waals surface area contributed by atoms with Crippen molar-refractivity contribution in [3.05, 3.63) is 25.3 Å². The van der Waals surface area contributed by atoms with Gasteiger partial charge in [0.1, 0.15) is 6.54 Å². The molecule has 0 atom stereocenters. The molecule has 0 saturated heterocycles. The first-order chi connectivity index (χ1) is 8.06. The average Bonchev–Trinajstić information content (AvgIpc) is 2.27. The topological polar surface area (TPSA) is 60.9 Å². The molecule has 0 bridgehead atoms. The van der Waals surface area contributed by atoms with Gasteiger partial charge in [-0.2, -0.15) is 0 Å². The van der Waals surface area contributed by atoms with Gasteiger partial charge >= 0.3 is 12.0 Å². The minimum atomic E-state index is -1.11. The van der Waals surface area contributed by atoms with Crippen LogP contribution in [0.1, 0.15) is 0 Å². The van der Waals surface area contributed by atoms with Gasteiger partial charge < -0.3 is 14.9 Å². The van der Waals surface area contributed by atoms with Crippen molar-refractivity contribution < 1.29 is 14.7 Å². The van der Waals surface area contributed by atoms with E-state index in [4.69, 9.17) is 11.5 Å². The fourth-order valence-electron chi connectivity index (χ4n) is 1.21. The number of terminal acetylenes is 1. The molecule has 0 fully saturated rings. The Hall–Kier alpha value is -2.22. The van der Waals surface area contributed by atoms with Crippen molar-refractivity contribution >= 4 is 12.0 Å². The molecule has 2 amide bonds. The molecule has 5 heteroatoms. The minimum Gasteiger partial charge on any atom is -0.480 e. The smallest absolute Gasteiger partial charge is 0.323 e. The monoisotopic (exact) mass is 236 g/mol. The van der Waals surface area contributed by atoms with E-state index in [1.165, 1.54) is 4.90 Å². The second-order valence-electron chi connectivity index (χ2n) is 3.22. The van der Waals surface area contributed by atoms with Crippen LogP contribution in [-0.4, -0.2) is 53.1 Å². The van der Waals surface area contributed by atoms with Gasteiger partial charge in [0.15, 0.2) is 0 Å². The largest absolute Gasteiger partial charge is 0.480 e. The van der Waals surface area contributed by atoms with Crippen molar-refractivity contribution in [1.29, 1.82) is 0 Å². The minimum absolute atomic E-state index is 0.0457. The lowest BCUT2D eigenvalue weighted by atomic mass is 10.4. The van der Waals surface area contributed by atoms with Crippen LogP contribution in [0.15, 0.2) is 25.3 Å². The molecule has 0 spiro atoms. The van der Waals surface area contributed by atoms with Gasteiger partial charge in [0, 0.05) is 13.1 Å². The van der Waals surface area contributed by atoms with Crippen LogP contribution in [0.4, 0.5) is 4.79 Å². The summed E-state index contributed by atoms with van der Waals surface area (Å²) in [6.07, 6.45) is 8.20. The normalized spacial score (nSPS) is 8.88. The van der Waals surface area contributed by atoms with Gasteiger partial charge in [0.2, 0.25) is 0 Å². The van der Waals surface area contributed by atoms with Crippen molar-refractivity contribution in [3.63, 3.8) is 0 Å². The molecular formula is C12H16N2O3. The third-order valence-corrected chi connectivity index (χ3v) is 1.85.